The number of anilines is 1. The van der Waals surface area contributed by atoms with Gasteiger partial charge in [-0.3, -0.25) is 4.98 Å². The predicted molar refractivity (Wildman–Crippen MR) is 105 cm³/mol. The van der Waals surface area contributed by atoms with Crippen LogP contribution in [0, 0.1) is 30.3 Å². The van der Waals surface area contributed by atoms with Gasteiger partial charge in [-0.1, -0.05) is 31.3 Å². The zero-order chi connectivity index (χ0) is 21.5. The van der Waals surface area contributed by atoms with Crippen LogP contribution in [0.5, 0.6) is 0 Å². The molecule has 1 aromatic carbocycles. The van der Waals surface area contributed by atoms with Crippen LogP contribution in [-0.2, 0) is 17.9 Å². The zero-order valence-corrected chi connectivity index (χ0v) is 19.6. The molecule has 4 rings (SSSR count). The summed E-state index contributed by atoms with van der Waals surface area (Å²) in [4.78, 5) is 12.9. The largest absolute Gasteiger partial charge is 1.00 e. The number of nitrogens with one attached hydrogen (secondary N) is 1. The van der Waals surface area contributed by atoms with Crippen molar-refractivity contribution in [3.05, 3.63) is 58.8 Å². The van der Waals surface area contributed by atoms with Crippen LogP contribution >= 0.6 is 0 Å². The van der Waals surface area contributed by atoms with Crippen molar-refractivity contribution >= 4 is 16.9 Å². The van der Waals surface area contributed by atoms with E-state index in [0.29, 0.717) is 28.2 Å². The maximum Gasteiger partial charge on any atom is 1.00 e. The van der Waals surface area contributed by atoms with Gasteiger partial charge in [0, 0.05) is 18.5 Å². The fourth-order valence-corrected chi connectivity index (χ4v) is 3.39. The SMILES string of the molecule is CCC(F)(F)c1cccc(CNc2nc(C)nc3n[c-]c(C4(C#N)CC4)cc23)c1F.[Na+]. The second kappa shape index (κ2) is 8.73. The predicted octanol–water partition coefficient (Wildman–Crippen LogP) is 1.95. The number of benzene rings is 1. The molecule has 9 heteroatoms. The van der Waals surface area contributed by atoms with Crippen LogP contribution in [0.3, 0.4) is 0 Å². The van der Waals surface area contributed by atoms with Gasteiger partial charge in [-0.25, -0.2) is 18.2 Å². The first-order valence-electron chi connectivity index (χ1n) is 9.68. The van der Waals surface area contributed by atoms with Crippen molar-refractivity contribution in [1.82, 2.24) is 15.0 Å². The van der Waals surface area contributed by atoms with Gasteiger partial charge in [-0.15, -0.1) is 5.56 Å². The molecule has 1 saturated carbocycles. The Hall–Kier alpha value is -2.21. The van der Waals surface area contributed by atoms with E-state index in [2.05, 4.69) is 32.5 Å². The van der Waals surface area contributed by atoms with Crippen LogP contribution in [0.15, 0.2) is 24.3 Å². The summed E-state index contributed by atoms with van der Waals surface area (Å²) in [5.74, 6) is -3.31. The first-order chi connectivity index (χ1) is 14.3. The molecular weight excluding hydrogens is 414 g/mol. The third-order valence-corrected chi connectivity index (χ3v) is 5.45. The van der Waals surface area contributed by atoms with Crippen molar-refractivity contribution in [3.63, 3.8) is 0 Å². The number of halogens is 3. The number of rotatable bonds is 6. The third kappa shape index (κ3) is 4.40. The molecule has 1 fully saturated rings. The van der Waals surface area contributed by atoms with Crippen LogP contribution in [-0.4, -0.2) is 15.0 Å². The quantitative estimate of drug-likeness (QED) is 0.475. The van der Waals surface area contributed by atoms with Gasteiger partial charge >= 0.3 is 29.6 Å². The number of pyridine rings is 1. The molecule has 2 aromatic heterocycles. The van der Waals surface area contributed by atoms with Gasteiger partial charge in [-0.2, -0.15) is 11.3 Å². The Kier molecular flexibility index (Phi) is 6.61. The number of aryl methyl sites for hydroxylation is 1. The smallest absolute Gasteiger partial charge is 0.369 e. The number of alkyl halides is 2. The number of hydrogen-bond donors (Lipinski definition) is 1. The summed E-state index contributed by atoms with van der Waals surface area (Å²) >= 11 is 0. The topological polar surface area (TPSA) is 74.5 Å². The molecule has 0 amide bonds. The molecule has 0 aliphatic heterocycles. The van der Waals surface area contributed by atoms with Gasteiger partial charge in [0.25, 0.3) is 5.92 Å². The van der Waals surface area contributed by atoms with Gasteiger partial charge in [0.15, 0.2) is 0 Å². The minimum Gasteiger partial charge on any atom is -0.369 e. The second-order valence-corrected chi connectivity index (χ2v) is 7.52. The fraction of sp³-hybridized carbons (Fsp3) is 0.364. The maximum atomic E-state index is 14.7. The summed E-state index contributed by atoms with van der Waals surface area (Å²) < 4.78 is 42.8. The van der Waals surface area contributed by atoms with Gasteiger partial charge in [-0.05, 0) is 25.2 Å². The Balaban J connectivity index is 0.00000272. The van der Waals surface area contributed by atoms with Crippen molar-refractivity contribution < 1.29 is 42.7 Å². The zero-order valence-electron chi connectivity index (χ0n) is 17.6. The minimum absolute atomic E-state index is 0. The second-order valence-electron chi connectivity index (χ2n) is 7.52. The van der Waals surface area contributed by atoms with Crippen LogP contribution in [0.1, 0.15) is 48.7 Å². The number of nitrogens with zero attached hydrogens (tertiary/aromatic N) is 4. The summed E-state index contributed by atoms with van der Waals surface area (Å²) in [6.07, 6.45) is 3.90. The van der Waals surface area contributed by atoms with E-state index >= 15 is 0 Å². The number of fused-ring (bicyclic) bond motifs is 1. The Bertz CT molecular complexity index is 1170. The van der Waals surface area contributed by atoms with E-state index in [9.17, 15) is 18.4 Å². The van der Waals surface area contributed by atoms with E-state index in [0.717, 1.165) is 18.9 Å². The summed E-state index contributed by atoms with van der Waals surface area (Å²) in [5, 5.41) is 13.0. The van der Waals surface area contributed by atoms with E-state index in [4.69, 9.17) is 0 Å². The molecule has 0 bridgehead atoms. The molecule has 0 spiro atoms. The Morgan fingerprint density at radius 1 is 1.29 bits per heavy atom. The monoisotopic (exact) mass is 433 g/mol. The Morgan fingerprint density at radius 2 is 2.03 bits per heavy atom. The normalized spacial score (nSPS) is 14.6. The number of nitriles is 1. The number of hydrogen-bond acceptors (Lipinski definition) is 5. The molecule has 5 nitrogen and oxygen atoms in total. The van der Waals surface area contributed by atoms with Gasteiger partial charge < -0.3 is 10.3 Å². The molecule has 0 saturated heterocycles. The van der Waals surface area contributed by atoms with Crippen LogP contribution in [0.2, 0.25) is 0 Å². The van der Waals surface area contributed by atoms with Crippen molar-refractivity contribution in [1.29, 1.82) is 5.26 Å². The molecular formula is C22H19F3N5Na. The van der Waals surface area contributed by atoms with Gasteiger partial charge in [0.1, 0.15) is 17.5 Å². The van der Waals surface area contributed by atoms with Gasteiger partial charge in [0.2, 0.25) is 0 Å². The molecule has 1 N–H and O–H groups in total. The molecule has 0 radical (unpaired) electrons. The summed E-state index contributed by atoms with van der Waals surface area (Å²) in [6.45, 7) is 2.97. The van der Waals surface area contributed by atoms with Crippen LogP contribution in [0.4, 0.5) is 19.0 Å². The molecule has 154 valence electrons. The van der Waals surface area contributed by atoms with E-state index in [-0.39, 0.29) is 41.7 Å². The van der Waals surface area contributed by atoms with Gasteiger partial charge in [0.05, 0.1) is 22.7 Å². The number of aromatic nitrogens is 3. The van der Waals surface area contributed by atoms with E-state index in [1.165, 1.54) is 19.1 Å². The average molecular weight is 433 g/mol. The average Bonchev–Trinajstić information content (AvgIpc) is 3.53. The van der Waals surface area contributed by atoms with Crippen molar-refractivity contribution in [3.8, 4) is 6.07 Å². The first-order valence-corrected chi connectivity index (χ1v) is 9.68. The van der Waals surface area contributed by atoms with Crippen molar-refractivity contribution in [2.45, 2.75) is 51.0 Å². The standard InChI is InChI=1S/C22H19F3N5.Na/c1-3-22(24,25)17-6-4-5-14(18(17)23)10-27-19-16-9-15(21(12-26)7-8-21)11-28-20(16)30-13(2)29-19;/h4-6,9H,3,7-8,10H2,1-2H3,(H,27,28,29,30);/q-1;+1. The van der Waals surface area contributed by atoms with E-state index in [1.807, 2.05) is 0 Å². The Morgan fingerprint density at radius 3 is 2.68 bits per heavy atom. The molecule has 2 heterocycles. The summed E-state index contributed by atoms with van der Waals surface area (Å²) in [6, 6.07) is 8.06. The molecule has 0 atom stereocenters. The molecule has 31 heavy (non-hydrogen) atoms. The maximum absolute atomic E-state index is 14.7. The first kappa shape index (κ1) is 23.5. The van der Waals surface area contributed by atoms with E-state index < -0.39 is 29.1 Å². The van der Waals surface area contributed by atoms with E-state index in [1.54, 1.807) is 13.0 Å². The molecule has 3 aromatic rings. The summed E-state index contributed by atoms with van der Waals surface area (Å²) in [5.41, 5.74) is -0.0131. The Labute approximate surface area is 200 Å². The third-order valence-electron chi connectivity index (χ3n) is 5.45. The molecule has 1 aliphatic rings. The van der Waals surface area contributed by atoms with Crippen LogP contribution in [0.25, 0.3) is 11.0 Å². The molecule has 0 unspecified atom stereocenters. The van der Waals surface area contributed by atoms with Crippen molar-refractivity contribution in [2.24, 2.45) is 0 Å². The van der Waals surface area contributed by atoms with Crippen molar-refractivity contribution in [2.75, 3.05) is 5.32 Å². The van der Waals surface area contributed by atoms with Crippen LogP contribution < -0.4 is 34.9 Å². The minimum atomic E-state index is -3.23. The molecule has 1 aliphatic carbocycles. The summed E-state index contributed by atoms with van der Waals surface area (Å²) in [7, 11) is 0. The fourth-order valence-electron chi connectivity index (χ4n) is 3.39.